The maximum absolute atomic E-state index is 11.2. The molecule has 0 aliphatic heterocycles. The zero-order valence-electron chi connectivity index (χ0n) is 11.6. The van der Waals surface area contributed by atoms with Crippen LogP contribution in [0.1, 0.15) is 68.6 Å². The number of nitrogens with zero attached hydrogens (tertiary/aromatic N) is 2. The fourth-order valence-corrected chi connectivity index (χ4v) is 2.04. The molecule has 0 radical (unpaired) electrons. The van der Waals surface area contributed by atoms with E-state index in [0.717, 1.165) is 31.5 Å². The Morgan fingerprint density at radius 1 is 1.22 bits per heavy atom. The number of nitrogens with two attached hydrogens (primary N) is 1. The third-order valence-corrected chi connectivity index (χ3v) is 3.13. The maximum atomic E-state index is 11.2. The van der Waals surface area contributed by atoms with Crippen molar-refractivity contribution in [1.29, 1.82) is 0 Å². The van der Waals surface area contributed by atoms with Gasteiger partial charge in [-0.15, -0.1) is 0 Å². The van der Waals surface area contributed by atoms with E-state index in [1.54, 1.807) is 0 Å². The van der Waals surface area contributed by atoms with Gasteiger partial charge in [-0.3, -0.25) is 9.48 Å². The molecule has 1 rings (SSSR count). The highest BCUT2D eigenvalue weighted by Crippen LogP contribution is 2.11. The fourth-order valence-electron chi connectivity index (χ4n) is 2.04. The Morgan fingerprint density at radius 3 is 2.50 bits per heavy atom. The van der Waals surface area contributed by atoms with Gasteiger partial charge in [0.05, 0.1) is 0 Å². The minimum absolute atomic E-state index is 0.401. The second kappa shape index (κ2) is 7.90. The molecule has 0 aliphatic carbocycles. The van der Waals surface area contributed by atoms with E-state index in [1.165, 1.54) is 25.7 Å². The second-order valence-corrected chi connectivity index (χ2v) is 4.77. The average Bonchev–Trinajstić information content (AvgIpc) is 2.74. The van der Waals surface area contributed by atoms with Gasteiger partial charge >= 0.3 is 0 Å². The molecule has 4 nitrogen and oxygen atoms in total. The van der Waals surface area contributed by atoms with Crippen molar-refractivity contribution in [1.82, 2.24) is 9.78 Å². The van der Waals surface area contributed by atoms with Crippen molar-refractivity contribution in [2.45, 2.75) is 65.3 Å². The van der Waals surface area contributed by atoms with Crippen LogP contribution in [-0.2, 0) is 13.0 Å². The lowest BCUT2D eigenvalue weighted by Gasteiger charge is -2.06. The predicted molar refractivity (Wildman–Crippen MR) is 73.5 cm³/mol. The van der Waals surface area contributed by atoms with Gasteiger partial charge in [0.1, 0.15) is 5.69 Å². The van der Waals surface area contributed by atoms with E-state index in [-0.39, 0.29) is 0 Å². The van der Waals surface area contributed by atoms with Crippen LogP contribution in [0.25, 0.3) is 0 Å². The van der Waals surface area contributed by atoms with Gasteiger partial charge < -0.3 is 5.73 Å². The molecule has 0 saturated carbocycles. The summed E-state index contributed by atoms with van der Waals surface area (Å²) in [6, 6.07) is 1.85. The molecule has 0 atom stereocenters. The predicted octanol–water partition coefficient (Wildman–Crippen LogP) is 2.90. The van der Waals surface area contributed by atoms with Gasteiger partial charge in [0.25, 0.3) is 5.91 Å². The molecule has 1 aromatic heterocycles. The standard InChI is InChI=1S/C14H25N3O/c1-3-5-7-9-12-11-13(14(15)18)16-17(12)10-8-6-4-2/h11H,3-10H2,1-2H3,(H2,15,18). The van der Waals surface area contributed by atoms with Crippen LogP contribution in [0.4, 0.5) is 0 Å². The number of rotatable bonds is 9. The van der Waals surface area contributed by atoms with Crippen LogP contribution in [0.2, 0.25) is 0 Å². The Balaban J connectivity index is 2.67. The molecule has 0 bridgehead atoms. The number of unbranched alkanes of at least 4 members (excludes halogenated alkanes) is 4. The smallest absolute Gasteiger partial charge is 0.269 e. The van der Waals surface area contributed by atoms with Crippen LogP contribution in [0, 0.1) is 0 Å². The van der Waals surface area contributed by atoms with Crippen molar-refractivity contribution in [3.63, 3.8) is 0 Å². The van der Waals surface area contributed by atoms with Crippen LogP contribution in [0.15, 0.2) is 6.07 Å². The number of carbonyl (C=O) groups is 1. The van der Waals surface area contributed by atoms with Gasteiger partial charge in [-0.25, -0.2) is 0 Å². The summed E-state index contributed by atoms with van der Waals surface area (Å²) in [4.78, 5) is 11.2. The third kappa shape index (κ3) is 4.51. The van der Waals surface area contributed by atoms with Gasteiger partial charge in [-0.1, -0.05) is 39.5 Å². The average molecular weight is 251 g/mol. The first-order chi connectivity index (χ1) is 8.69. The van der Waals surface area contributed by atoms with Crippen molar-refractivity contribution in [2.75, 3.05) is 0 Å². The van der Waals surface area contributed by atoms with Crippen LogP contribution >= 0.6 is 0 Å². The molecular weight excluding hydrogens is 226 g/mol. The minimum atomic E-state index is -0.430. The molecule has 0 saturated heterocycles. The zero-order chi connectivity index (χ0) is 13.4. The first-order valence-corrected chi connectivity index (χ1v) is 7.05. The molecule has 102 valence electrons. The molecule has 0 unspecified atom stereocenters. The molecule has 2 N–H and O–H groups in total. The molecule has 4 heteroatoms. The molecule has 0 aromatic carbocycles. The van der Waals surface area contributed by atoms with E-state index in [2.05, 4.69) is 18.9 Å². The van der Waals surface area contributed by atoms with Gasteiger partial charge in [0, 0.05) is 12.2 Å². The lowest BCUT2D eigenvalue weighted by atomic mass is 10.1. The van der Waals surface area contributed by atoms with Crippen LogP contribution in [0.5, 0.6) is 0 Å². The van der Waals surface area contributed by atoms with E-state index in [1.807, 2.05) is 10.7 Å². The van der Waals surface area contributed by atoms with E-state index < -0.39 is 5.91 Å². The lowest BCUT2D eigenvalue weighted by molar-refractivity contribution is 0.0994. The third-order valence-electron chi connectivity index (χ3n) is 3.13. The topological polar surface area (TPSA) is 60.9 Å². The van der Waals surface area contributed by atoms with E-state index in [4.69, 9.17) is 5.73 Å². The molecule has 1 aromatic rings. The Labute approximate surface area is 110 Å². The molecule has 1 heterocycles. The normalized spacial score (nSPS) is 10.8. The highest BCUT2D eigenvalue weighted by molar-refractivity contribution is 5.90. The zero-order valence-corrected chi connectivity index (χ0v) is 11.6. The highest BCUT2D eigenvalue weighted by atomic mass is 16.1. The number of aromatic nitrogens is 2. The SMILES string of the molecule is CCCCCc1cc(C(N)=O)nn1CCCCC. The van der Waals surface area contributed by atoms with Crippen LogP contribution < -0.4 is 5.73 Å². The quantitative estimate of drug-likeness (QED) is 0.686. The minimum Gasteiger partial charge on any atom is -0.364 e. The summed E-state index contributed by atoms with van der Waals surface area (Å²) in [7, 11) is 0. The van der Waals surface area contributed by atoms with Crippen molar-refractivity contribution in [2.24, 2.45) is 5.73 Å². The molecular formula is C14H25N3O. The Kier molecular flexibility index (Phi) is 6.47. The summed E-state index contributed by atoms with van der Waals surface area (Å²) in [5, 5.41) is 4.30. The van der Waals surface area contributed by atoms with E-state index >= 15 is 0 Å². The van der Waals surface area contributed by atoms with Crippen molar-refractivity contribution in [3.8, 4) is 0 Å². The van der Waals surface area contributed by atoms with Crippen molar-refractivity contribution < 1.29 is 4.79 Å². The summed E-state index contributed by atoms with van der Waals surface area (Å²) < 4.78 is 1.96. The maximum Gasteiger partial charge on any atom is 0.269 e. The fraction of sp³-hybridized carbons (Fsp3) is 0.714. The number of hydrogen-bond donors (Lipinski definition) is 1. The van der Waals surface area contributed by atoms with Crippen LogP contribution in [0.3, 0.4) is 0 Å². The highest BCUT2D eigenvalue weighted by Gasteiger charge is 2.11. The molecule has 1 amide bonds. The number of aryl methyl sites for hydroxylation is 2. The molecule has 0 spiro atoms. The summed E-state index contributed by atoms with van der Waals surface area (Å²) >= 11 is 0. The first kappa shape index (κ1) is 14.7. The van der Waals surface area contributed by atoms with Gasteiger partial charge in [-0.05, 0) is 25.3 Å². The van der Waals surface area contributed by atoms with Crippen molar-refractivity contribution in [3.05, 3.63) is 17.5 Å². The number of carbonyl (C=O) groups excluding carboxylic acids is 1. The summed E-state index contributed by atoms with van der Waals surface area (Å²) in [5.74, 6) is -0.430. The summed E-state index contributed by atoms with van der Waals surface area (Å²) in [6.45, 7) is 5.26. The Hall–Kier alpha value is -1.32. The summed E-state index contributed by atoms with van der Waals surface area (Å²) in [5.41, 5.74) is 6.84. The monoisotopic (exact) mass is 251 g/mol. The van der Waals surface area contributed by atoms with E-state index in [0.29, 0.717) is 5.69 Å². The number of primary amides is 1. The van der Waals surface area contributed by atoms with Gasteiger partial charge in [0.2, 0.25) is 0 Å². The van der Waals surface area contributed by atoms with Gasteiger partial charge in [0.15, 0.2) is 0 Å². The summed E-state index contributed by atoms with van der Waals surface area (Å²) in [6.07, 6.45) is 8.04. The Bertz CT molecular complexity index is 344. The number of hydrogen-bond acceptors (Lipinski definition) is 2. The first-order valence-electron chi connectivity index (χ1n) is 7.05. The van der Waals surface area contributed by atoms with E-state index in [9.17, 15) is 4.79 Å². The molecule has 0 fully saturated rings. The van der Waals surface area contributed by atoms with Crippen LogP contribution in [-0.4, -0.2) is 15.7 Å². The lowest BCUT2D eigenvalue weighted by Crippen LogP contribution is -2.12. The molecule has 0 aliphatic rings. The second-order valence-electron chi connectivity index (χ2n) is 4.77. The van der Waals surface area contributed by atoms with Crippen molar-refractivity contribution >= 4 is 5.91 Å². The molecule has 18 heavy (non-hydrogen) atoms. The largest absolute Gasteiger partial charge is 0.364 e. The number of amides is 1. The Morgan fingerprint density at radius 2 is 1.89 bits per heavy atom. The van der Waals surface area contributed by atoms with Gasteiger partial charge in [-0.2, -0.15) is 5.10 Å².